The number of hydrogen-bond acceptors (Lipinski definition) is 3. The molecule has 1 saturated heterocycles. The van der Waals surface area contributed by atoms with Gasteiger partial charge < -0.3 is 9.64 Å². The SMILES string of the molecule is CCC(=O)c1ccc(C(=O)N2CCC(Oc3ccccc3)CC2)cc1. The standard InChI is InChI=1S/C21H23NO3/c1-2-20(23)16-8-10-17(11-9-16)21(24)22-14-12-19(13-15-22)25-18-6-4-3-5-7-18/h3-11,19H,2,12-15H2,1H3. The van der Waals surface area contributed by atoms with Crippen molar-refractivity contribution < 1.29 is 14.3 Å². The molecule has 3 rings (SSSR count). The average Bonchev–Trinajstić information content (AvgIpc) is 2.68. The fourth-order valence-electron chi connectivity index (χ4n) is 3.05. The van der Waals surface area contributed by atoms with Crippen LogP contribution in [0.5, 0.6) is 5.75 Å². The molecule has 0 aromatic heterocycles. The summed E-state index contributed by atoms with van der Waals surface area (Å²) in [4.78, 5) is 26.2. The van der Waals surface area contributed by atoms with Crippen molar-refractivity contribution in [2.75, 3.05) is 13.1 Å². The van der Waals surface area contributed by atoms with Crippen LogP contribution in [0.3, 0.4) is 0 Å². The van der Waals surface area contributed by atoms with Crippen LogP contribution >= 0.6 is 0 Å². The van der Waals surface area contributed by atoms with Crippen molar-refractivity contribution >= 4 is 11.7 Å². The lowest BCUT2D eigenvalue weighted by atomic mass is 10.0. The molecular weight excluding hydrogens is 314 g/mol. The summed E-state index contributed by atoms with van der Waals surface area (Å²) >= 11 is 0. The highest BCUT2D eigenvalue weighted by atomic mass is 16.5. The summed E-state index contributed by atoms with van der Waals surface area (Å²) in [7, 11) is 0. The molecule has 4 heteroatoms. The van der Waals surface area contributed by atoms with Crippen LogP contribution in [0.25, 0.3) is 0 Å². The number of carbonyl (C=O) groups excluding carboxylic acids is 2. The zero-order valence-corrected chi connectivity index (χ0v) is 14.5. The summed E-state index contributed by atoms with van der Waals surface area (Å²) in [5.74, 6) is 0.995. The maximum atomic E-state index is 12.6. The Morgan fingerprint density at radius 2 is 1.56 bits per heavy atom. The quantitative estimate of drug-likeness (QED) is 0.776. The Labute approximate surface area is 148 Å². The molecule has 0 aliphatic carbocycles. The molecule has 1 fully saturated rings. The number of likely N-dealkylation sites (tertiary alicyclic amines) is 1. The normalized spacial score (nSPS) is 15.0. The largest absolute Gasteiger partial charge is 0.490 e. The monoisotopic (exact) mass is 337 g/mol. The van der Waals surface area contributed by atoms with Gasteiger partial charge in [0.1, 0.15) is 11.9 Å². The third kappa shape index (κ3) is 4.27. The van der Waals surface area contributed by atoms with Crippen molar-refractivity contribution in [1.82, 2.24) is 4.90 Å². The summed E-state index contributed by atoms with van der Waals surface area (Å²) in [6.07, 6.45) is 2.28. The van der Waals surface area contributed by atoms with Crippen LogP contribution in [0.2, 0.25) is 0 Å². The number of ketones is 1. The van der Waals surface area contributed by atoms with Gasteiger partial charge in [-0.15, -0.1) is 0 Å². The molecule has 2 aromatic carbocycles. The number of hydrogen-bond donors (Lipinski definition) is 0. The predicted octanol–water partition coefficient (Wildman–Crippen LogP) is 3.96. The molecule has 0 bridgehead atoms. The smallest absolute Gasteiger partial charge is 0.253 e. The highest BCUT2D eigenvalue weighted by Crippen LogP contribution is 2.20. The highest BCUT2D eigenvalue weighted by Gasteiger charge is 2.24. The third-order valence-corrected chi connectivity index (χ3v) is 4.55. The van der Waals surface area contributed by atoms with E-state index in [1.165, 1.54) is 0 Å². The second-order valence-corrected chi connectivity index (χ2v) is 6.28. The summed E-state index contributed by atoms with van der Waals surface area (Å²) in [5, 5.41) is 0. The first-order valence-electron chi connectivity index (χ1n) is 8.81. The van der Waals surface area contributed by atoms with Gasteiger partial charge >= 0.3 is 0 Å². The lowest BCUT2D eigenvalue weighted by molar-refractivity contribution is 0.0595. The van der Waals surface area contributed by atoms with Crippen molar-refractivity contribution in [2.45, 2.75) is 32.3 Å². The molecule has 1 amide bonds. The van der Waals surface area contributed by atoms with Gasteiger partial charge in [0.05, 0.1) is 0 Å². The zero-order valence-electron chi connectivity index (χ0n) is 14.5. The number of para-hydroxylation sites is 1. The number of amides is 1. The van der Waals surface area contributed by atoms with E-state index < -0.39 is 0 Å². The van der Waals surface area contributed by atoms with Gasteiger partial charge in [0.15, 0.2) is 5.78 Å². The molecule has 0 radical (unpaired) electrons. The first kappa shape index (κ1) is 17.2. The van der Waals surface area contributed by atoms with E-state index in [2.05, 4.69) is 0 Å². The molecule has 1 aliphatic rings. The molecular formula is C21H23NO3. The van der Waals surface area contributed by atoms with Gasteiger partial charge in [0.2, 0.25) is 0 Å². The Bertz CT molecular complexity index is 717. The lowest BCUT2D eigenvalue weighted by Gasteiger charge is -2.32. The number of benzene rings is 2. The second-order valence-electron chi connectivity index (χ2n) is 6.28. The Balaban J connectivity index is 1.55. The number of ether oxygens (including phenoxy) is 1. The van der Waals surface area contributed by atoms with E-state index in [1.54, 1.807) is 24.3 Å². The maximum Gasteiger partial charge on any atom is 0.253 e. The van der Waals surface area contributed by atoms with Crippen molar-refractivity contribution in [2.24, 2.45) is 0 Å². The minimum Gasteiger partial charge on any atom is -0.490 e. The average molecular weight is 337 g/mol. The molecule has 2 aromatic rings. The van der Waals surface area contributed by atoms with Crippen LogP contribution in [-0.2, 0) is 0 Å². The van der Waals surface area contributed by atoms with Crippen molar-refractivity contribution in [3.05, 3.63) is 65.7 Å². The molecule has 4 nitrogen and oxygen atoms in total. The molecule has 0 saturated carbocycles. The van der Waals surface area contributed by atoms with E-state index in [-0.39, 0.29) is 17.8 Å². The van der Waals surface area contributed by atoms with E-state index in [0.29, 0.717) is 30.6 Å². The van der Waals surface area contributed by atoms with Gasteiger partial charge in [-0.3, -0.25) is 9.59 Å². The van der Waals surface area contributed by atoms with E-state index in [9.17, 15) is 9.59 Å². The van der Waals surface area contributed by atoms with Crippen LogP contribution in [-0.4, -0.2) is 35.8 Å². The Morgan fingerprint density at radius 1 is 0.960 bits per heavy atom. The summed E-state index contributed by atoms with van der Waals surface area (Å²) in [5.41, 5.74) is 1.30. The van der Waals surface area contributed by atoms with Crippen molar-refractivity contribution in [1.29, 1.82) is 0 Å². The minimum atomic E-state index is 0.0219. The maximum absolute atomic E-state index is 12.6. The highest BCUT2D eigenvalue weighted by molar-refractivity contribution is 5.98. The van der Waals surface area contributed by atoms with E-state index in [0.717, 1.165) is 18.6 Å². The van der Waals surface area contributed by atoms with Crippen LogP contribution in [0.4, 0.5) is 0 Å². The van der Waals surface area contributed by atoms with Crippen LogP contribution in [0.15, 0.2) is 54.6 Å². The molecule has 25 heavy (non-hydrogen) atoms. The van der Waals surface area contributed by atoms with Gasteiger partial charge in [-0.1, -0.05) is 37.3 Å². The summed E-state index contributed by atoms with van der Waals surface area (Å²) < 4.78 is 5.97. The van der Waals surface area contributed by atoms with Crippen LogP contribution in [0, 0.1) is 0 Å². The predicted molar refractivity (Wildman–Crippen MR) is 97.1 cm³/mol. The fraction of sp³-hybridized carbons (Fsp3) is 0.333. The van der Waals surface area contributed by atoms with E-state index in [1.807, 2.05) is 42.2 Å². The van der Waals surface area contributed by atoms with Crippen LogP contribution in [0.1, 0.15) is 46.9 Å². The molecule has 0 spiro atoms. The van der Waals surface area contributed by atoms with Gasteiger partial charge in [-0.05, 0) is 24.3 Å². The third-order valence-electron chi connectivity index (χ3n) is 4.55. The zero-order chi connectivity index (χ0) is 17.6. The first-order valence-corrected chi connectivity index (χ1v) is 8.81. The van der Waals surface area contributed by atoms with Gasteiger partial charge in [-0.2, -0.15) is 0 Å². The number of nitrogens with zero attached hydrogens (tertiary/aromatic N) is 1. The Morgan fingerprint density at radius 3 is 2.16 bits per heavy atom. The van der Waals surface area contributed by atoms with Crippen molar-refractivity contribution in [3.63, 3.8) is 0 Å². The number of carbonyl (C=O) groups is 2. The summed E-state index contributed by atoms with van der Waals surface area (Å²) in [6, 6.07) is 16.8. The number of rotatable bonds is 5. The first-order chi connectivity index (χ1) is 12.2. The molecule has 130 valence electrons. The van der Waals surface area contributed by atoms with Crippen molar-refractivity contribution in [3.8, 4) is 5.75 Å². The van der Waals surface area contributed by atoms with Gasteiger partial charge in [-0.25, -0.2) is 0 Å². The molecule has 1 aliphatic heterocycles. The number of piperidine rings is 1. The Kier molecular flexibility index (Phi) is 5.49. The van der Waals surface area contributed by atoms with Crippen LogP contribution < -0.4 is 4.74 Å². The summed E-state index contributed by atoms with van der Waals surface area (Å²) in [6.45, 7) is 3.21. The molecule has 0 unspecified atom stereocenters. The van der Waals surface area contributed by atoms with E-state index >= 15 is 0 Å². The number of Topliss-reactive ketones (excluding diaryl/α,β-unsaturated/α-hetero) is 1. The van der Waals surface area contributed by atoms with Gasteiger partial charge in [0.25, 0.3) is 5.91 Å². The second kappa shape index (κ2) is 7.97. The van der Waals surface area contributed by atoms with Gasteiger partial charge in [0, 0.05) is 43.5 Å². The topological polar surface area (TPSA) is 46.6 Å². The van der Waals surface area contributed by atoms with E-state index in [4.69, 9.17) is 4.74 Å². The Hall–Kier alpha value is -2.62. The molecule has 0 N–H and O–H groups in total. The fourth-order valence-corrected chi connectivity index (χ4v) is 3.05. The molecule has 0 atom stereocenters. The molecule has 1 heterocycles. The minimum absolute atomic E-state index is 0.0219. The lowest BCUT2D eigenvalue weighted by Crippen LogP contribution is -2.41.